The maximum absolute atomic E-state index is 13.0. The van der Waals surface area contributed by atoms with Crippen molar-refractivity contribution in [3.8, 4) is 23.0 Å². The Morgan fingerprint density at radius 3 is 2.58 bits per heavy atom. The molecule has 0 fully saturated rings. The number of aryl methyl sites for hydroxylation is 1. The number of methoxy groups -OCH3 is 1. The topological polar surface area (TPSA) is 91.1 Å². The summed E-state index contributed by atoms with van der Waals surface area (Å²) >= 11 is 0. The zero-order chi connectivity index (χ0) is 27.9. The van der Waals surface area contributed by atoms with E-state index in [0.717, 1.165) is 39.9 Å². The van der Waals surface area contributed by atoms with Crippen LogP contribution in [0.3, 0.4) is 0 Å². The lowest BCUT2D eigenvalue weighted by Gasteiger charge is -2.24. The molecule has 2 aromatic carbocycles. The molecule has 0 amide bonds. The molecule has 0 spiro atoms. The molecule has 0 bridgehead atoms. The molecule has 0 unspecified atom stereocenters. The fourth-order valence-electron chi connectivity index (χ4n) is 4.70. The van der Waals surface area contributed by atoms with E-state index in [1.165, 1.54) is 12.3 Å². The largest absolute Gasteiger partial charge is 0.497 e. The molecule has 0 atom stereocenters. The van der Waals surface area contributed by atoms with Crippen molar-refractivity contribution in [3.63, 3.8) is 0 Å². The normalized spacial score (nSPS) is 13.6. The van der Waals surface area contributed by atoms with Crippen molar-refractivity contribution < 1.29 is 22.6 Å². The van der Waals surface area contributed by atoms with E-state index in [-0.39, 0.29) is 5.52 Å². The molecule has 12 heteroatoms. The molecule has 204 valence electrons. The summed E-state index contributed by atoms with van der Waals surface area (Å²) < 4.78 is 52.0. The Balaban J connectivity index is 1.24. The van der Waals surface area contributed by atoms with Crippen LogP contribution in [0.15, 0.2) is 60.8 Å². The van der Waals surface area contributed by atoms with E-state index in [9.17, 15) is 13.2 Å². The van der Waals surface area contributed by atoms with E-state index in [4.69, 9.17) is 9.47 Å². The molecule has 5 aromatic rings. The molecule has 40 heavy (non-hydrogen) atoms. The minimum atomic E-state index is -4.53. The van der Waals surface area contributed by atoms with Crippen LogP contribution in [0.5, 0.6) is 11.6 Å². The first-order valence-corrected chi connectivity index (χ1v) is 12.5. The van der Waals surface area contributed by atoms with E-state index < -0.39 is 11.9 Å². The van der Waals surface area contributed by atoms with Gasteiger partial charge in [0.05, 0.1) is 38.5 Å². The molecule has 0 N–H and O–H groups in total. The number of halogens is 3. The number of pyridine rings is 1. The molecule has 3 aromatic heterocycles. The van der Waals surface area contributed by atoms with Crippen LogP contribution >= 0.6 is 0 Å². The SMILES string of the molecule is COc1ccc(Cn2nnc3c2CN(c2ccc(-c4ncc5nc(C(F)(F)F)ccc5n4)cc2C)CCO3)cc1. The standard InChI is InChI=1S/C28H24F3N7O2/c1-17-13-19(26-32-14-22-21(34-26)8-10-25(33-22)28(29,30)31)5-9-23(17)37-11-12-40-27-24(16-37)38(36-35-27)15-18-3-6-20(39-2)7-4-18/h3-10,13-14H,11-12,15-16H2,1-2H3. The Hall–Kier alpha value is -4.74. The fraction of sp³-hybridized carbons (Fsp3) is 0.250. The van der Waals surface area contributed by atoms with Crippen LogP contribution in [-0.4, -0.2) is 50.2 Å². The lowest BCUT2D eigenvalue weighted by Crippen LogP contribution is -2.27. The molecule has 0 radical (unpaired) electrons. The van der Waals surface area contributed by atoms with Gasteiger partial charge in [0.2, 0.25) is 0 Å². The van der Waals surface area contributed by atoms with Gasteiger partial charge in [-0.1, -0.05) is 22.4 Å². The van der Waals surface area contributed by atoms with Gasteiger partial charge in [-0.15, -0.1) is 0 Å². The number of hydrogen-bond donors (Lipinski definition) is 0. The summed E-state index contributed by atoms with van der Waals surface area (Å²) in [7, 11) is 1.63. The average Bonchev–Trinajstić information content (AvgIpc) is 3.18. The quantitative estimate of drug-likeness (QED) is 0.301. The highest BCUT2D eigenvalue weighted by Gasteiger charge is 2.32. The molecule has 4 heterocycles. The van der Waals surface area contributed by atoms with Gasteiger partial charge in [0.15, 0.2) is 5.82 Å². The molecule has 1 aliphatic rings. The van der Waals surface area contributed by atoms with Crippen molar-refractivity contribution in [1.82, 2.24) is 29.9 Å². The summed E-state index contributed by atoms with van der Waals surface area (Å²) in [6, 6.07) is 15.9. The van der Waals surface area contributed by atoms with Crippen molar-refractivity contribution in [2.75, 3.05) is 25.2 Å². The van der Waals surface area contributed by atoms with Crippen LogP contribution in [0, 0.1) is 6.92 Å². The summed E-state index contributed by atoms with van der Waals surface area (Å²) in [5.41, 5.74) is 4.15. The van der Waals surface area contributed by atoms with Crippen LogP contribution < -0.4 is 14.4 Å². The molecule has 1 aliphatic heterocycles. The summed E-state index contributed by atoms with van der Waals surface area (Å²) in [4.78, 5) is 14.6. The van der Waals surface area contributed by atoms with Crippen LogP contribution in [0.1, 0.15) is 22.5 Å². The van der Waals surface area contributed by atoms with Crippen LogP contribution in [-0.2, 0) is 19.3 Å². The highest BCUT2D eigenvalue weighted by atomic mass is 19.4. The third kappa shape index (κ3) is 4.99. The lowest BCUT2D eigenvalue weighted by molar-refractivity contribution is -0.140. The Labute approximate surface area is 227 Å². The number of aromatic nitrogens is 6. The molecular weight excluding hydrogens is 523 g/mol. The van der Waals surface area contributed by atoms with Crippen LogP contribution in [0.25, 0.3) is 22.4 Å². The highest BCUT2D eigenvalue weighted by Crippen LogP contribution is 2.31. The predicted octanol–water partition coefficient (Wildman–Crippen LogP) is 5.07. The number of anilines is 1. The maximum Gasteiger partial charge on any atom is 0.433 e. The van der Waals surface area contributed by atoms with Gasteiger partial charge in [-0.3, -0.25) is 0 Å². The van der Waals surface area contributed by atoms with Crippen molar-refractivity contribution in [3.05, 3.63) is 83.3 Å². The van der Waals surface area contributed by atoms with E-state index in [2.05, 4.69) is 30.2 Å². The summed E-state index contributed by atoms with van der Waals surface area (Å²) in [6.07, 6.45) is -3.21. The van der Waals surface area contributed by atoms with Gasteiger partial charge in [-0.25, -0.2) is 19.6 Å². The summed E-state index contributed by atoms with van der Waals surface area (Å²) in [5, 5.41) is 8.58. The molecule has 0 aliphatic carbocycles. The molecule has 0 saturated heterocycles. The van der Waals surface area contributed by atoms with Crippen molar-refractivity contribution in [1.29, 1.82) is 0 Å². The Kier molecular flexibility index (Phi) is 6.45. The third-order valence-corrected chi connectivity index (χ3v) is 6.76. The van der Waals surface area contributed by atoms with Gasteiger partial charge in [0.25, 0.3) is 5.88 Å². The van der Waals surface area contributed by atoms with Gasteiger partial charge in [-0.05, 0) is 60.5 Å². The second-order valence-electron chi connectivity index (χ2n) is 9.41. The van der Waals surface area contributed by atoms with E-state index in [1.807, 2.05) is 54.1 Å². The first-order chi connectivity index (χ1) is 19.3. The van der Waals surface area contributed by atoms with E-state index in [0.29, 0.717) is 43.5 Å². The van der Waals surface area contributed by atoms with Gasteiger partial charge < -0.3 is 14.4 Å². The van der Waals surface area contributed by atoms with E-state index in [1.54, 1.807) is 7.11 Å². The van der Waals surface area contributed by atoms with Gasteiger partial charge in [-0.2, -0.15) is 13.2 Å². The zero-order valence-corrected chi connectivity index (χ0v) is 21.7. The van der Waals surface area contributed by atoms with Crippen molar-refractivity contribution >= 4 is 16.7 Å². The molecule has 9 nitrogen and oxygen atoms in total. The Morgan fingerprint density at radius 2 is 1.82 bits per heavy atom. The maximum atomic E-state index is 13.0. The Bertz CT molecular complexity index is 1690. The molecular formula is C28H24F3N7O2. The monoisotopic (exact) mass is 547 g/mol. The highest BCUT2D eigenvalue weighted by molar-refractivity contribution is 5.76. The first kappa shape index (κ1) is 25.5. The molecule has 6 rings (SSSR count). The second kappa shape index (κ2) is 10.1. The van der Waals surface area contributed by atoms with Crippen molar-refractivity contribution in [2.45, 2.75) is 26.2 Å². The van der Waals surface area contributed by atoms with Crippen molar-refractivity contribution in [2.24, 2.45) is 0 Å². The Morgan fingerprint density at radius 1 is 1.00 bits per heavy atom. The third-order valence-electron chi connectivity index (χ3n) is 6.76. The van der Waals surface area contributed by atoms with Crippen LogP contribution in [0.2, 0.25) is 0 Å². The zero-order valence-electron chi connectivity index (χ0n) is 21.7. The summed E-state index contributed by atoms with van der Waals surface area (Å²) in [6.45, 7) is 4.20. The van der Waals surface area contributed by atoms with Gasteiger partial charge in [0, 0.05) is 11.3 Å². The number of fused-ring (bicyclic) bond motifs is 2. The minimum Gasteiger partial charge on any atom is -0.497 e. The fourth-order valence-corrected chi connectivity index (χ4v) is 4.70. The first-order valence-electron chi connectivity index (χ1n) is 12.5. The van der Waals surface area contributed by atoms with E-state index >= 15 is 0 Å². The van der Waals surface area contributed by atoms with Gasteiger partial charge >= 0.3 is 6.18 Å². The summed E-state index contributed by atoms with van der Waals surface area (Å²) in [5.74, 6) is 1.72. The number of hydrogen-bond acceptors (Lipinski definition) is 8. The van der Waals surface area contributed by atoms with Crippen LogP contribution in [0.4, 0.5) is 18.9 Å². The number of ether oxygens (including phenoxy) is 2. The number of benzene rings is 2. The average molecular weight is 548 g/mol. The predicted molar refractivity (Wildman–Crippen MR) is 141 cm³/mol. The lowest BCUT2D eigenvalue weighted by atomic mass is 10.1. The number of alkyl halides is 3. The number of nitrogens with zero attached hydrogens (tertiary/aromatic N) is 7. The van der Waals surface area contributed by atoms with Gasteiger partial charge in [0.1, 0.15) is 29.3 Å². The number of rotatable bonds is 5. The second-order valence-corrected chi connectivity index (χ2v) is 9.41. The smallest absolute Gasteiger partial charge is 0.433 e. The molecule has 0 saturated carbocycles. The minimum absolute atomic E-state index is 0.0900.